The van der Waals surface area contributed by atoms with Gasteiger partial charge in [-0.2, -0.15) is 5.10 Å². The number of carboxylic acids is 1. The molecule has 9 nitrogen and oxygen atoms in total. The van der Waals surface area contributed by atoms with Crippen LogP contribution in [0, 0.1) is 17.6 Å². The predicted octanol–water partition coefficient (Wildman–Crippen LogP) is 2.74. The molecule has 0 saturated carbocycles. The van der Waals surface area contributed by atoms with E-state index in [2.05, 4.69) is 10.4 Å². The normalized spacial score (nSPS) is 23.5. The maximum Gasteiger partial charge on any atom is 0.318 e. The van der Waals surface area contributed by atoms with Gasteiger partial charge in [0, 0.05) is 31.2 Å². The Balaban J connectivity index is 1.24. The van der Waals surface area contributed by atoms with E-state index in [0.717, 1.165) is 31.0 Å². The summed E-state index contributed by atoms with van der Waals surface area (Å²) in [5, 5.41) is 16.6. The minimum Gasteiger partial charge on any atom is -0.481 e. The number of urea groups is 1. The molecule has 5 rings (SSSR count). The molecule has 35 heavy (non-hydrogen) atoms. The molecule has 3 amide bonds. The highest BCUT2D eigenvalue weighted by Gasteiger charge is 2.44. The lowest BCUT2D eigenvalue weighted by molar-refractivity contribution is -0.145. The number of nitrogens with zero attached hydrogens (tertiary/aromatic N) is 4. The number of hydrogen-bond donors (Lipinski definition) is 2. The summed E-state index contributed by atoms with van der Waals surface area (Å²) in [6.45, 7) is 1.03. The highest BCUT2D eigenvalue weighted by Crippen LogP contribution is 2.38. The summed E-state index contributed by atoms with van der Waals surface area (Å²) in [6.07, 6.45) is 3.51. The average molecular weight is 488 g/mol. The van der Waals surface area contributed by atoms with Crippen LogP contribution in [0.25, 0.3) is 0 Å². The number of fused-ring (bicyclic) bond motifs is 3. The van der Waals surface area contributed by atoms with Crippen LogP contribution >= 0.6 is 0 Å². The number of carboxylic acid groups (broad SMARTS) is 1. The number of rotatable bonds is 4. The average Bonchev–Trinajstić information content (AvgIpc) is 3.24. The lowest BCUT2D eigenvalue weighted by Crippen LogP contribution is -2.55. The number of aromatic nitrogens is 2. The summed E-state index contributed by atoms with van der Waals surface area (Å²) < 4.78 is 28.5. The van der Waals surface area contributed by atoms with Crippen molar-refractivity contribution in [2.45, 2.75) is 63.8 Å². The van der Waals surface area contributed by atoms with Crippen molar-refractivity contribution < 1.29 is 28.3 Å². The van der Waals surface area contributed by atoms with E-state index in [4.69, 9.17) is 0 Å². The second kappa shape index (κ2) is 9.27. The molecule has 1 aromatic carbocycles. The van der Waals surface area contributed by atoms with E-state index in [1.807, 2.05) is 4.90 Å². The minimum atomic E-state index is -0.799. The van der Waals surface area contributed by atoms with E-state index in [0.29, 0.717) is 37.2 Å². The summed E-state index contributed by atoms with van der Waals surface area (Å²) in [5.41, 5.74) is 1.35. The van der Waals surface area contributed by atoms with Crippen LogP contribution < -0.4 is 5.32 Å². The number of carbonyl (C=O) groups is 3. The number of hydrogen-bond acceptors (Lipinski definition) is 4. The van der Waals surface area contributed by atoms with Gasteiger partial charge in [-0.15, -0.1) is 0 Å². The summed E-state index contributed by atoms with van der Waals surface area (Å²) in [4.78, 5) is 40.9. The Labute approximate surface area is 200 Å². The van der Waals surface area contributed by atoms with Gasteiger partial charge in [-0.3, -0.25) is 14.3 Å². The molecule has 2 atom stereocenters. The molecule has 2 bridgehead atoms. The van der Waals surface area contributed by atoms with Crippen molar-refractivity contribution >= 4 is 17.9 Å². The lowest BCUT2D eigenvalue weighted by atomic mass is 9.78. The SMILES string of the molecule is O=C(O)C1CC2CCCC(C1)N2C(=O)c1cc2n(n1)CCN(C(=O)NCc1cc(F)cc(F)c1)C2. The molecule has 11 heteroatoms. The molecule has 186 valence electrons. The first-order chi connectivity index (χ1) is 16.8. The Morgan fingerprint density at radius 3 is 2.37 bits per heavy atom. The van der Waals surface area contributed by atoms with E-state index in [1.54, 1.807) is 15.6 Å². The highest BCUT2D eigenvalue weighted by molar-refractivity contribution is 5.93. The van der Waals surface area contributed by atoms with Crippen LogP contribution in [0.1, 0.15) is 53.8 Å². The van der Waals surface area contributed by atoms with E-state index >= 15 is 0 Å². The van der Waals surface area contributed by atoms with Crippen LogP contribution in [0.2, 0.25) is 0 Å². The fraction of sp³-hybridized carbons (Fsp3) is 0.500. The molecule has 2 N–H and O–H groups in total. The van der Waals surface area contributed by atoms with Crippen molar-refractivity contribution in [2.75, 3.05) is 6.54 Å². The molecule has 2 fully saturated rings. The minimum absolute atomic E-state index is 0.0118. The van der Waals surface area contributed by atoms with E-state index < -0.39 is 23.5 Å². The Hall–Kier alpha value is -3.50. The van der Waals surface area contributed by atoms with Crippen molar-refractivity contribution in [1.82, 2.24) is 24.9 Å². The van der Waals surface area contributed by atoms with Gasteiger partial charge in [0.05, 0.1) is 24.7 Å². The van der Waals surface area contributed by atoms with Crippen molar-refractivity contribution in [3.63, 3.8) is 0 Å². The van der Waals surface area contributed by atoms with Gasteiger partial charge in [-0.05, 0) is 55.9 Å². The fourth-order valence-corrected chi connectivity index (χ4v) is 5.59. The molecule has 0 spiro atoms. The topological polar surface area (TPSA) is 108 Å². The summed E-state index contributed by atoms with van der Waals surface area (Å²) in [5.74, 6) is -2.81. The Bertz CT molecular complexity index is 1130. The molecule has 1 aromatic heterocycles. The monoisotopic (exact) mass is 487 g/mol. The zero-order chi connectivity index (χ0) is 24.7. The third-order valence-electron chi connectivity index (χ3n) is 7.23. The Morgan fingerprint density at radius 1 is 1.03 bits per heavy atom. The standard InChI is InChI=1S/C24H27F2N5O4/c25-16-6-14(7-17(26)10-16)12-27-24(35)29-4-5-30-20(13-29)11-21(28-30)22(32)31-18-2-1-3-19(31)9-15(8-18)23(33)34/h6-7,10-11,15,18-19H,1-5,8-9,12-13H2,(H,27,35)(H,33,34). The van der Waals surface area contributed by atoms with E-state index in [1.165, 1.54) is 12.1 Å². The van der Waals surface area contributed by atoms with Crippen LogP contribution in [-0.4, -0.2) is 61.2 Å². The number of benzene rings is 1. The van der Waals surface area contributed by atoms with Gasteiger partial charge in [-0.1, -0.05) is 0 Å². The molecule has 0 radical (unpaired) electrons. The molecule has 3 aliphatic rings. The zero-order valence-corrected chi connectivity index (χ0v) is 19.1. The highest BCUT2D eigenvalue weighted by atomic mass is 19.1. The number of amides is 3. The molecule has 2 saturated heterocycles. The molecular formula is C24H27F2N5O4. The van der Waals surface area contributed by atoms with Gasteiger partial charge >= 0.3 is 12.0 Å². The van der Waals surface area contributed by atoms with E-state index in [9.17, 15) is 28.3 Å². The molecule has 2 aromatic rings. The molecule has 4 heterocycles. The van der Waals surface area contributed by atoms with Crippen LogP contribution in [0.3, 0.4) is 0 Å². The van der Waals surface area contributed by atoms with Gasteiger partial charge < -0.3 is 20.2 Å². The fourth-order valence-electron chi connectivity index (χ4n) is 5.59. The van der Waals surface area contributed by atoms with Crippen LogP contribution in [0.15, 0.2) is 24.3 Å². The van der Waals surface area contributed by atoms with Gasteiger partial charge in [0.25, 0.3) is 5.91 Å². The Morgan fingerprint density at radius 2 is 1.71 bits per heavy atom. The number of nitrogens with one attached hydrogen (secondary N) is 1. The summed E-state index contributed by atoms with van der Waals surface area (Å²) >= 11 is 0. The predicted molar refractivity (Wildman–Crippen MR) is 119 cm³/mol. The maximum atomic E-state index is 13.4. The molecule has 2 unspecified atom stereocenters. The third-order valence-corrected chi connectivity index (χ3v) is 7.23. The van der Waals surface area contributed by atoms with Gasteiger partial charge in [0.1, 0.15) is 11.6 Å². The Kier molecular flexibility index (Phi) is 6.16. The zero-order valence-electron chi connectivity index (χ0n) is 19.1. The maximum absolute atomic E-state index is 13.4. The number of halogens is 2. The quantitative estimate of drug-likeness (QED) is 0.690. The second-order valence-corrected chi connectivity index (χ2v) is 9.56. The molecular weight excluding hydrogens is 460 g/mol. The van der Waals surface area contributed by atoms with E-state index in [-0.39, 0.29) is 37.1 Å². The lowest BCUT2D eigenvalue weighted by Gasteiger charge is -2.47. The van der Waals surface area contributed by atoms with Crippen LogP contribution in [-0.2, 0) is 24.4 Å². The van der Waals surface area contributed by atoms with Gasteiger partial charge in [0.15, 0.2) is 5.69 Å². The number of aliphatic carboxylic acids is 1. The van der Waals surface area contributed by atoms with Gasteiger partial charge in [0.2, 0.25) is 0 Å². The first kappa shape index (κ1) is 23.3. The van der Waals surface area contributed by atoms with Crippen LogP contribution in [0.4, 0.5) is 13.6 Å². The summed E-state index contributed by atoms with van der Waals surface area (Å²) in [6, 6.07) is 4.25. The third kappa shape index (κ3) is 4.71. The number of piperidine rings is 2. The molecule has 0 aliphatic carbocycles. The number of carbonyl (C=O) groups excluding carboxylic acids is 2. The van der Waals surface area contributed by atoms with Crippen molar-refractivity contribution in [1.29, 1.82) is 0 Å². The molecule has 3 aliphatic heterocycles. The smallest absolute Gasteiger partial charge is 0.318 e. The van der Waals surface area contributed by atoms with Crippen LogP contribution in [0.5, 0.6) is 0 Å². The summed E-state index contributed by atoms with van der Waals surface area (Å²) in [7, 11) is 0. The van der Waals surface area contributed by atoms with Gasteiger partial charge in [-0.25, -0.2) is 13.6 Å². The van der Waals surface area contributed by atoms with Crippen molar-refractivity contribution in [3.8, 4) is 0 Å². The first-order valence-corrected chi connectivity index (χ1v) is 11.9. The van der Waals surface area contributed by atoms with Crippen molar-refractivity contribution in [2.24, 2.45) is 5.92 Å². The first-order valence-electron chi connectivity index (χ1n) is 11.9. The second-order valence-electron chi connectivity index (χ2n) is 9.56. The largest absolute Gasteiger partial charge is 0.481 e. The van der Waals surface area contributed by atoms with Crippen molar-refractivity contribution in [3.05, 3.63) is 52.9 Å².